The van der Waals surface area contributed by atoms with Crippen LogP contribution in [0.1, 0.15) is 10.4 Å². The third-order valence-corrected chi connectivity index (χ3v) is 2.83. The summed E-state index contributed by atoms with van der Waals surface area (Å²) in [7, 11) is -3.47. The van der Waals surface area contributed by atoms with Crippen LogP contribution in [0.4, 0.5) is 18.9 Å². The molecular weight excluding hydrogens is 325 g/mol. The predicted molar refractivity (Wildman–Crippen MR) is 74.1 cm³/mol. The van der Waals surface area contributed by atoms with Crippen molar-refractivity contribution < 1.29 is 31.1 Å². The number of alkyl halides is 3. The van der Waals surface area contributed by atoms with E-state index in [0.29, 0.717) is 0 Å². The van der Waals surface area contributed by atoms with Gasteiger partial charge in [-0.2, -0.15) is 13.2 Å². The highest BCUT2D eigenvalue weighted by atomic mass is 32.2. The lowest BCUT2D eigenvalue weighted by molar-refractivity contribution is -0.173. The Balaban J connectivity index is 2.47. The molecule has 0 bridgehead atoms. The van der Waals surface area contributed by atoms with Gasteiger partial charge in [0.1, 0.15) is 6.61 Å². The Kier molecular flexibility index (Phi) is 6.18. The fourth-order valence-electron chi connectivity index (χ4n) is 1.46. The van der Waals surface area contributed by atoms with Crippen LogP contribution in [-0.2, 0) is 14.8 Å². The quantitative estimate of drug-likeness (QED) is 0.734. The average Bonchev–Trinajstić information content (AvgIpc) is 2.35. The second-order valence-electron chi connectivity index (χ2n) is 4.38. The van der Waals surface area contributed by atoms with Crippen LogP contribution >= 0.6 is 0 Å². The summed E-state index contributed by atoms with van der Waals surface area (Å²) >= 11 is 0. The van der Waals surface area contributed by atoms with Crippen molar-refractivity contribution in [2.75, 3.05) is 30.7 Å². The molecule has 0 radical (unpaired) electrons. The van der Waals surface area contributed by atoms with E-state index in [9.17, 15) is 26.4 Å². The molecule has 1 aromatic carbocycles. The van der Waals surface area contributed by atoms with Crippen molar-refractivity contribution >= 4 is 21.6 Å². The minimum atomic E-state index is -4.41. The number of hydrogen-bond donors (Lipinski definition) is 2. The third kappa shape index (κ3) is 7.84. The molecule has 124 valence electrons. The first kappa shape index (κ1) is 18.2. The van der Waals surface area contributed by atoms with Crippen molar-refractivity contribution in [2.24, 2.45) is 0 Å². The van der Waals surface area contributed by atoms with E-state index in [1.165, 1.54) is 24.3 Å². The second kappa shape index (κ2) is 7.45. The number of carbonyl (C=O) groups excluding carboxylic acids is 1. The summed E-state index contributed by atoms with van der Waals surface area (Å²) in [6.07, 6.45) is -3.44. The van der Waals surface area contributed by atoms with Gasteiger partial charge in [-0.05, 0) is 18.2 Å². The molecule has 0 spiro atoms. The van der Waals surface area contributed by atoms with Crippen LogP contribution in [-0.4, -0.2) is 46.5 Å². The number of halogens is 3. The van der Waals surface area contributed by atoms with Crippen LogP contribution in [0.2, 0.25) is 0 Å². The number of benzene rings is 1. The maximum atomic E-state index is 11.8. The van der Waals surface area contributed by atoms with Gasteiger partial charge >= 0.3 is 6.18 Å². The van der Waals surface area contributed by atoms with E-state index in [1.54, 1.807) is 0 Å². The Morgan fingerprint density at radius 1 is 1.32 bits per heavy atom. The number of anilines is 1. The molecule has 0 aromatic heterocycles. The van der Waals surface area contributed by atoms with Crippen molar-refractivity contribution in [2.45, 2.75) is 6.18 Å². The lowest BCUT2D eigenvalue weighted by atomic mass is 10.2. The smallest absolute Gasteiger partial charge is 0.370 e. The lowest BCUT2D eigenvalue weighted by Crippen LogP contribution is -2.29. The topological polar surface area (TPSA) is 84.5 Å². The maximum absolute atomic E-state index is 11.8. The Morgan fingerprint density at radius 2 is 2.00 bits per heavy atom. The standard InChI is InChI=1S/C12H15F3N2O4S/c1-22(19,20)17-10-4-2-3-9(7-10)11(18)16-5-6-21-8-12(13,14)15/h2-4,7,17H,5-6,8H2,1H3,(H,16,18). The van der Waals surface area contributed by atoms with Gasteiger partial charge in [-0.15, -0.1) is 0 Å². The van der Waals surface area contributed by atoms with Gasteiger partial charge in [0.05, 0.1) is 12.9 Å². The molecule has 10 heteroatoms. The van der Waals surface area contributed by atoms with Crippen molar-refractivity contribution in [3.05, 3.63) is 29.8 Å². The van der Waals surface area contributed by atoms with Crippen LogP contribution in [0.5, 0.6) is 0 Å². The van der Waals surface area contributed by atoms with Gasteiger partial charge in [-0.25, -0.2) is 8.42 Å². The zero-order valence-corrected chi connectivity index (χ0v) is 12.4. The van der Waals surface area contributed by atoms with Gasteiger partial charge in [0, 0.05) is 17.8 Å². The van der Waals surface area contributed by atoms with Crippen molar-refractivity contribution in [3.8, 4) is 0 Å². The van der Waals surface area contributed by atoms with E-state index < -0.39 is 28.7 Å². The molecule has 0 aliphatic carbocycles. The van der Waals surface area contributed by atoms with Gasteiger partial charge in [0.15, 0.2) is 0 Å². The van der Waals surface area contributed by atoms with E-state index in [0.717, 1.165) is 6.26 Å². The summed E-state index contributed by atoms with van der Waals surface area (Å²) in [4.78, 5) is 11.8. The molecule has 22 heavy (non-hydrogen) atoms. The molecular formula is C12H15F3N2O4S. The van der Waals surface area contributed by atoms with Gasteiger partial charge in [-0.1, -0.05) is 6.07 Å². The molecule has 2 N–H and O–H groups in total. The number of hydrogen-bond acceptors (Lipinski definition) is 4. The number of amides is 1. The summed E-state index contributed by atoms with van der Waals surface area (Å²) in [5.74, 6) is -0.548. The zero-order chi connectivity index (χ0) is 16.8. The van der Waals surface area contributed by atoms with Crippen LogP contribution in [0.25, 0.3) is 0 Å². The molecule has 0 fully saturated rings. The molecule has 6 nitrogen and oxygen atoms in total. The molecule has 0 saturated heterocycles. The third-order valence-electron chi connectivity index (χ3n) is 2.23. The van der Waals surface area contributed by atoms with Crippen molar-refractivity contribution in [1.29, 1.82) is 0 Å². The first-order valence-corrected chi connectivity index (χ1v) is 7.96. The summed E-state index contributed by atoms with van der Waals surface area (Å²) in [6.45, 7) is -1.76. The highest BCUT2D eigenvalue weighted by Gasteiger charge is 2.27. The number of carbonyl (C=O) groups is 1. The van der Waals surface area contributed by atoms with Gasteiger partial charge in [-0.3, -0.25) is 9.52 Å². The molecule has 1 amide bonds. The van der Waals surface area contributed by atoms with Crippen molar-refractivity contribution in [3.63, 3.8) is 0 Å². The number of rotatable bonds is 7. The Hall–Kier alpha value is -1.81. The highest BCUT2D eigenvalue weighted by Crippen LogP contribution is 2.14. The summed E-state index contributed by atoms with van der Waals surface area (Å²) < 4.78 is 64.2. The Morgan fingerprint density at radius 3 is 2.59 bits per heavy atom. The van der Waals surface area contributed by atoms with E-state index >= 15 is 0 Å². The first-order valence-electron chi connectivity index (χ1n) is 6.07. The number of ether oxygens (including phenoxy) is 1. The van der Waals surface area contributed by atoms with E-state index in [-0.39, 0.29) is 24.4 Å². The largest absolute Gasteiger partial charge is 0.411 e. The summed E-state index contributed by atoms with van der Waals surface area (Å²) in [5, 5.41) is 2.37. The fourth-order valence-corrected chi connectivity index (χ4v) is 2.02. The van der Waals surface area contributed by atoms with Crippen LogP contribution in [0.3, 0.4) is 0 Å². The molecule has 1 aromatic rings. The second-order valence-corrected chi connectivity index (χ2v) is 6.13. The van der Waals surface area contributed by atoms with Crippen LogP contribution in [0.15, 0.2) is 24.3 Å². The monoisotopic (exact) mass is 340 g/mol. The van der Waals surface area contributed by atoms with E-state index in [1.807, 2.05) is 0 Å². The van der Waals surface area contributed by atoms with Crippen LogP contribution < -0.4 is 10.0 Å². The predicted octanol–water partition coefficient (Wildman–Crippen LogP) is 1.37. The minimum Gasteiger partial charge on any atom is -0.370 e. The molecule has 1 rings (SSSR count). The summed E-state index contributed by atoms with van der Waals surface area (Å²) in [5.41, 5.74) is 0.382. The van der Waals surface area contributed by atoms with E-state index in [2.05, 4.69) is 14.8 Å². The number of sulfonamides is 1. The van der Waals surface area contributed by atoms with Gasteiger partial charge in [0.25, 0.3) is 5.91 Å². The zero-order valence-electron chi connectivity index (χ0n) is 11.6. The average molecular weight is 340 g/mol. The van der Waals surface area contributed by atoms with Gasteiger partial charge < -0.3 is 10.1 Å². The molecule has 0 heterocycles. The molecule has 0 atom stereocenters. The fraction of sp³-hybridized carbons (Fsp3) is 0.417. The minimum absolute atomic E-state index is 0.0986. The maximum Gasteiger partial charge on any atom is 0.411 e. The van der Waals surface area contributed by atoms with E-state index in [4.69, 9.17) is 0 Å². The molecule has 0 unspecified atom stereocenters. The number of nitrogens with one attached hydrogen (secondary N) is 2. The highest BCUT2D eigenvalue weighted by molar-refractivity contribution is 7.92. The van der Waals surface area contributed by atoms with Gasteiger partial charge in [0.2, 0.25) is 10.0 Å². The Labute approximate surface area is 125 Å². The SMILES string of the molecule is CS(=O)(=O)Nc1cccc(C(=O)NCCOCC(F)(F)F)c1. The Bertz CT molecular complexity index is 617. The van der Waals surface area contributed by atoms with Crippen LogP contribution in [0, 0.1) is 0 Å². The normalized spacial score (nSPS) is 12.0. The molecule has 0 saturated carbocycles. The first-order chi connectivity index (χ1) is 10.1. The molecule has 0 aliphatic heterocycles. The summed E-state index contributed by atoms with van der Waals surface area (Å²) in [6, 6.07) is 5.69. The molecule has 0 aliphatic rings. The lowest BCUT2D eigenvalue weighted by Gasteiger charge is -2.09. The van der Waals surface area contributed by atoms with Crippen molar-refractivity contribution in [1.82, 2.24) is 5.32 Å².